The van der Waals surface area contributed by atoms with Crippen LogP contribution in [0.3, 0.4) is 0 Å². The number of likely N-dealkylation sites (N-methyl/N-ethyl adjacent to an activating group) is 1. The Kier molecular flexibility index (Phi) is 7.49. The van der Waals surface area contributed by atoms with Crippen molar-refractivity contribution in [3.05, 3.63) is 59.1 Å². The van der Waals surface area contributed by atoms with Gasteiger partial charge in [-0.05, 0) is 36.8 Å². The number of halogens is 1. The van der Waals surface area contributed by atoms with Gasteiger partial charge in [0.05, 0.1) is 12.1 Å². The van der Waals surface area contributed by atoms with Gasteiger partial charge in [0.25, 0.3) is 5.91 Å². The number of carbonyl (C=O) groups is 2. The summed E-state index contributed by atoms with van der Waals surface area (Å²) in [6.45, 7) is 1.69. The Labute approximate surface area is 164 Å². The molecule has 2 amide bonds. The second-order valence-corrected chi connectivity index (χ2v) is 6.29. The molecule has 0 fully saturated rings. The molecule has 1 N–H and O–H groups in total. The summed E-state index contributed by atoms with van der Waals surface area (Å²) in [5.41, 5.74) is 0.844. The van der Waals surface area contributed by atoms with Crippen molar-refractivity contribution < 1.29 is 19.1 Å². The molecule has 0 aliphatic rings. The maximum atomic E-state index is 12.8. The Morgan fingerprint density at radius 1 is 1.19 bits per heavy atom. The van der Waals surface area contributed by atoms with E-state index in [1.807, 2.05) is 24.3 Å². The normalized spacial score (nSPS) is 11.4. The van der Waals surface area contributed by atoms with E-state index in [4.69, 9.17) is 21.1 Å². The average Bonchev–Trinajstić information content (AvgIpc) is 2.70. The zero-order valence-corrected chi connectivity index (χ0v) is 16.3. The van der Waals surface area contributed by atoms with Gasteiger partial charge in [-0.25, -0.2) is 0 Å². The topological polar surface area (TPSA) is 67.9 Å². The third-order valence-electron chi connectivity index (χ3n) is 4.09. The van der Waals surface area contributed by atoms with Gasteiger partial charge in [-0.2, -0.15) is 0 Å². The number of methoxy groups -OCH3 is 1. The van der Waals surface area contributed by atoms with Gasteiger partial charge >= 0.3 is 0 Å². The van der Waals surface area contributed by atoms with Gasteiger partial charge < -0.3 is 19.7 Å². The van der Waals surface area contributed by atoms with Gasteiger partial charge in [-0.15, -0.1) is 0 Å². The van der Waals surface area contributed by atoms with Crippen LogP contribution in [0.1, 0.15) is 12.5 Å². The number of para-hydroxylation sites is 1. The lowest BCUT2D eigenvalue weighted by Crippen LogP contribution is -2.48. The van der Waals surface area contributed by atoms with Crippen LogP contribution in [0.15, 0.2) is 48.5 Å². The smallest absolute Gasteiger partial charge is 0.261 e. The zero-order valence-electron chi connectivity index (χ0n) is 15.6. The minimum Gasteiger partial charge on any atom is -0.497 e. The van der Waals surface area contributed by atoms with Crippen molar-refractivity contribution in [1.29, 1.82) is 0 Å². The van der Waals surface area contributed by atoms with E-state index in [-0.39, 0.29) is 25.0 Å². The number of hydrogen-bond donors (Lipinski definition) is 1. The number of nitrogens with one attached hydrogen (secondary N) is 1. The highest BCUT2D eigenvalue weighted by Crippen LogP contribution is 2.23. The van der Waals surface area contributed by atoms with Gasteiger partial charge in [0.2, 0.25) is 5.91 Å². The van der Waals surface area contributed by atoms with Gasteiger partial charge in [0.1, 0.15) is 17.5 Å². The van der Waals surface area contributed by atoms with Crippen molar-refractivity contribution in [2.75, 3.05) is 20.8 Å². The van der Waals surface area contributed by atoms with E-state index < -0.39 is 6.04 Å². The van der Waals surface area contributed by atoms with Crippen LogP contribution in [0.25, 0.3) is 0 Å². The van der Waals surface area contributed by atoms with E-state index in [2.05, 4.69) is 5.32 Å². The lowest BCUT2D eigenvalue weighted by atomic mass is 10.1. The number of hydrogen-bond acceptors (Lipinski definition) is 4. The summed E-state index contributed by atoms with van der Waals surface area (Å²) in [5, 5.41) is 2.99. The molecule has 1 atom stereocenters. The molecule has 2 aromatic rings. The number of rotatable bonds is 8. The molecule has 6 nitrogen and oxygen atoms in total. The molecule has 2 aromatic carbocycles. The number of amides is 2. The molecule has 0 radical (unpaired) electrons. The molecule has 0 spiro atoms. The lowest BCUT2D eigenvalue weighted by Gasteiger charge is -2.28. The minimum absolute atomic E-state index is 0.227. The second-order valence-electron chi connectivity index (χ2n) is 5.88. The molecule has 144 valence electrons. The van der Waals surface area contributed by atoms with E-state index in [1.54, 1.807) is 38.3 Å². The van der Waals surface area contributed by atoms with Crippen molar-refractivity contribution in [3.8, 4) is 11.5 Å². The number of nitrogens with zero attached hydrogens (tertiary/aromatic N) is 1. The summed E-state index contributed by atoms with van der Waals surface area (Å²) < 4.78 is 10.8. The van der Waals surface area contributed by atoms with Crippen molar-refractivity contribution in [2.45, 2.75) is 19.5 Å². The predicted octanol–water partition coefficient (Wildman–Crippen LogP) is 2.89. The first-order valence-electron chi connectivity index (χ1n) is 8.47. The fraction of sp³-hybridized carbons (Fsp3) is 0.300. The zero-order chi connectivity index (χ0) is 19.8. The Balaban J connectivity index is 2.16. The molecule has 0 bridgehead atoms. The molecule has 0 aliphatic carbocycles. The first-order valence-corrected chi connectivity index (χ1v) is 8.85. The Hall–Kier alpha value is -2.73. The van der Waals surface area contributed by atoms with Gasteiger partial charge in [-0.3, -0.25) is 9.59 Å². The Morgan fingerprint density at radius 3 is 2.59 bits per heavy atom. The molecule has 0 aliphatic heterocycles. The van der Waals surface area contributed by atoms with Crippen LogP contribution in [0.4, 0.5) is 0 Å². The summed E-state index contributed by atoms with van der Waals surface area (Å²) in [6, 6.07) is 13.6. The molecule has 27 heavy (non-hydrogen) atoms. The second kappa shape index (κ2) is 9.83. The number of ether oxygens (including phenoxy) is 2. The van der Waals surface area contributed by atoms with Crippen molar-refractivity contribution in [3.63, 3.8) is 0 Å². The fourth-order valence-corrected chi connectivity index (χ4v) is 2.73. The van der Waals surface area contributed by atoms with Crippen LogP contribution >= 0.6 is 11.6 Å². The molecule has 0 saturated carbocycles. The highest BCUT2D eigenvalue weighted by Gasteiger charge is 2.26. The SMILES string of the molecule is CNC(=O)[C@@H](C)N(Cc1cccc(OC)c1)C(=O)COc1ccccc1Cl. The molecule has 2 rings (SSSR count). The summed E-state index contributed by atoms with van der Waals surface area (Å²) in [4.78, 5) is 26.4. The highest BCUT2D eigenvalue weighted by molar-refractivity contribution is 6.32. The Bertz CT molecular complexity index is 797. The lowest BCUT2D eigenvalue weighted by molar-refractivity contribution is -0.142. The summed E-state index contributed by atoms with van der Waals surface area (Å²) >= 11 is 6.06. The summed E-state index contributed by atoms with van der Waals surface area (Å²) in [6.07, 6.45) is 0. The third kappa shape index (κ3) is 5.62. The Morgan fingerprint density at radius 2 is 1.93 bits per heavy atom. The van der Waals surface area contributed by atoms with Gasteiger partial charge in [-0.1, -0.05) is 35.9 Å². The van der Waals surface area contributed by atoms with Crippen LogP contribution in [-0.2, 0) is 16.1 Å². The number of benzene rings is 2. The third-order valence-corrected chi connectivity index (χ3v) is 4.40. The predicted molar refractivity (Wildman–Crippen MR) is 104 cm³/mol. The fourth-order valence-electron chi connectivity index (χ4n) is 2.54. The van der Waals surface area contributed by atoms with E-state index >= 15 is 0 Å². The monoisotopic (exact) mass is 390 g/mol. The van der Waals surface area contributed by atoms with Crippen molar-refractivity contribution >= 4 is 23.4 Å². The van der Waals surface area contributed by atoms with Crippen LogP contribution in [0.5, 0.6) is 11.5 Å². The van der Waals surface area contributed by atoms with Crippen LogP contribution in [0, 0.1) is 0 Å². The van der Waals surface area contributed by atoms with Gasteiger partial charge in [0, 0.05) is 13.6 Å². The van der Waals surface area contributed by atoms with Gasteiger partial charge in [0.15, 0.2) is 6.61 Å². The first-order chi connectivity index (χ1) is 13.0. The molecule has 0 heterocycles. The molecule has 0 aromatic heterocycles. The molecule has 0 saturated heterocycles. The highest BCUT2D eigenvalue weighted by atomic mass is 35.5. The average molecular weight is 391 g/mol. The summed E-state index contributed by atoms with van der Waals surface area (Å²) in [5.74, 6) is 0.513. The molecule has 0 unspecified atom stereocenters. The van der Waals surface area contributed by atoms with Crippen molar-refractivity contribution in [2.24, 2.45) is 0 Å². The summed E-state index contributed by atoms with van der Waals surface area (Å²) in [7, 11) is 3.11. The standard InChI is InChI=1S/C20H23ClN2O4/c1-14(20(25)22-2)23(12-15-7-6-8-16(11-15)26-3)19(24)13-27-18-10-5-4-9-17(18)21/h4-11,14H,12-13H2,1-3H3,(H,22,25)/t14-/m1/s1. The van der Waals surface area contributed by atoms with Crippen molar-refractivity contribution in [1.82, 2.24) is 10.2 Å². The first kappa shape index (κ1) is 20.6. The quantitative estimate of drug-likeness (QED) is 0.752. The number of carbonyl (C=O) groups excluding carboxylic acids is 2. The van der Waals surface area contributed by atoms with Crippen LogP contribution in [-0.4, -0.2) is 43.5 Å². The van der Waals surface area contributed by atoms with E-state index in [0.717, 1.165) is 5.56 Å². The van der Waals surface area contributed by atoms with E-state index in [1.165, 1.54) is 11.9 Å². The van der Waals surface area contributed by atoms with Crippen LogP contribution in [0.2, 0.25) is 5.02 Å². The minimum atomic E-state index is -0.663. The largest absolute Gasteiger partial charge is 0.497 e. The van der Waals surface area contributed by atoms with E-state index in [9.17, 15) is 9.59 Å². The maximum absolute atomic E-state index is 12.8. The maximum Gasteiger partial charge on any atom is 0.261 e. The molecule has 7 heteroatoms. The molecular formula is C20H23ClN2O4. The van der Waals surface area contributed by atoms with E-state index in [0.29, 0.717) is 16.5 Å². The van der Waals surface area contributed by atoms with Crippen LogP contribution < -0.4 is 14.8 Å². The molecular weight excluding hydrogens is 368 g/mol.